The summed E-state index contributed by atoms with van der Waals surface area (Å²) in [5, 5.41) is 11.7. The Hall–Kier alpha value is -2.19. The first-order valence-corrected chi connectivity index (χ1v) is 11.2. The van der Waals surface area contributed by atoms with E-state index in [4.69, 9.17) is 5.41 Å². The number of fused-ring (bicyclic) bond motifs is 6. The molecule has 0 aliphatic heterocycles. The fourth-order valence-corrected chi connectivity index (χ4v) is 7.09. The van der Waals surface area contributed by atoms with Gasteiger partial charge in [0.1, 0.15) is 0 Å². The molecule has 142 valence electrons. The molecule has 1 fully saturated rings. The van der Waals surface area contributed by atoms with E-state index < -0.39 is 0 Å². The number of benzene rings is 1. The van der Waals surface area contributed by atoms with Gasteiger partial charge in [-0.25, -0.2) is 0 Å². The third-order valence-corrected chi connectivity index (χ3v) is 8.51. The molecule has 1 N–H and O–H groups in total. The van der Waals surface area contributed by atoms with Crippen LogP contribution in [0.15, 0.2) is 59.7 Å². The van der Waals surface area contributed by atoms with Crippen LogP contribution < -0.4 is 9.75 Å². The summed E-state index contributed by atoms with van der Waals surface area (Å²) in [7, 11) is 0. The number of rotatable bonds is 1. The van der Waals surface area contributed by atoms with E-state index in [1.165, 1.54) is 31.0 Å². The van der Waals surface area contributed by atoms with Crippen molar-refractivity contribution in [2.45, 2.75) is 34.1 Å². The van der Waals surface area contributed by atoms with Crippen molar-refractivity contribution in [3.8, 4) is 0 Å². The van der Waals surface area contributed by atoms with E-state index in [1.54, 1.807) is 5.57 Å². The summed E-state index contributed by atoms with van der Waals surface area (Å²) in [6.07, 6.45) is 12.4. The van der Waals surface area contributed by atoms with Crippen molar-refractivity contribution in [2.75, 3.05) is 0 Å². The van der Waals surface area contributed by atoms with Gasteiger partial charge in [-0.3, -0.25) is 0 Å². The molecule has 1 aromatic heterocycles. The van der Waals surface area contributed by atoms with Gasteiger partial charge in [-0.1, -0.05) is 67.5 Å². The molecule has 0 radical (unpaired) electrons. The van der Waals surface area contributed by atoms with Crippen LogP contribution in [0.25, 0.3) is 21.7 Å². The first kappa shape index (κ1) is 17.9. The van der Waals surface area contributed by atoms with Crippen LogP contribution in [-0.4, -0.2) is 5.71 Å². The average Bonchev–Trinajstić information content (AvgIpc) is 3.09. The van der Waals surface area contributed by atoms with E-state index in [1.807, 2.05) is 11.3 Å². The third kappa shape index (κ3) is 2.21. The second-order valence-electron chi connectivity index (χ2n) is 8.56. The van der Waals surface area contributed by atoms with Crippen LogP contribution in [0.5, 0.6) is 0 Å². The molecule has 1 aromatic carbocycles. The van der Waals surface area contributed by atoms with Gasteiger partial charge in [-0.2, -0.15) is 0 Å². The van der Waals surface area contributed by atoms with Crippen LogP contribution in [0, 0.1) is 28.6 Å². The van der Waals surface area contributed by atoms with Crippen LogP contribution in [0.3, 0.4) is 0 Å². The van der Waals surface area contributed by atoms with Crippen molar-refractivity contribution in [1.29, 1.82) is 5.41 Å². The molecule has 28 heavy (non-hydrogen) atoms. The molecule has 3 aliphatic rings. The Morgan fingerprint density at radius 2 is 2.00 bits per heavy atom. The third-order valence-electron chi connectivity index (χ3n) is 7.29. The molecule has 1 saturated carbocycles. The quantitative estimate of drug-likeness (QED) is 0.617. The molecule has 0 spiro atoms. The highest BCUT2D eigenvalue weighted by Gasteiger charge is 2.61. The Balaban J connectivity index is 1.89. The lowest BCUT2D eigenvalue weighted by Gasteiger charge is -2.28. The largest absolute Gasteiger partial charge is 0.301 e. The standard InChI is InChI=1S/C26H27NS/c1-5-14-26-17(4)24(26)16(3)15(2)10-13-21(27)23-20(26)12-11-19-18-8-6-7-9-22(18)28-25(19)23/h5-11,13-15,17,20,27H,12H2,1-4H3/b13-10-,14-5?,24-16-,27-21?. The molecule has 5 rings (SSSR count). The van der Waals surface area contributed by atoms with Crippen LogP contribution in [0.4, 0.5) is 0 Å². The minimum atomic E-state index is 0.0745. The molecule has 2 aromatic rings. The normalized spacial score (nSPS) is 35.5. The Morgan fingerprint density at radius 3 is 2.79 bits per heavy atom. The Kier molecular flexibility index (Phi) is 3.93. The van der Waals surface area contributed by atoms with Crippen LogP contribution >= 0.6 is 11.3 Å². The summed E-state index contributed by atoms with van der Waals surface area (Å²) in [6.45, 7) is 9.11. The minimum absolute atomic E-state index is 0.0745. The van der Waals surface area contributed by atoms with Gasteiger partial charge >= 0.3 is 0 Å². The van der Waals surface area contributed by atoms with Gasteiger partial charge in [-0.15, -0.1) is 11.3 Å². The topological polar surface area (TPSA) is 23.9 Å². The van der Waals surface area contributed by atoms with Crippen molar-refractivity contribution in [3.05, 3.63) is 69.5 Å². The van der Waals surface area contributed by atoms with Crippen molar-refractivity contribution in [2.24, 2.45) is 23.2 Å². The Bertz CT molecular complexity index is 1220. The molecule has 0 saturated heterocycles. The maximum absolute atomic E-state index is 9.03. The molecule has 4 atom stereocenters. The van der Waals surface area contributed by atoms with E-state index in [9.17, 15) is 0 Å². The van der Waals surface area contributed by atoms with E-state index in [-0.39, 0.29) is 5.41 Å². The number of hydrogen-bond acceptors (Lipinski definition) is 2. The summed E-state index contributed by atoms with van der Waals surface area (Å²) in [5.74, 6) is 1.29. The van der Waals surface area contributed by atoms with E-state index >= 15 is 0 Å². The second kappa shape index (κ2) is 6.15. The van der Waals surface area contributed by atoms with Crippen molar-refractivity contribution in [1.82, 2.24) is 0 Å². The molecule has 2 heteroatoms. The zero-order valence-corrected chi connectivity index (χ0v) is 17.9. The summed E-state index contributed by atoms with van der Waals surface area (Å²) >= 11 is 1.87. The monoisotopic (exact) mass is 385 g/mol. The molecular formula is C26H27NS. The molecule has 3 aliphatic carbocycles. The predicted octanol–water partition coefficient (Wildman–Crippen LogP) is 5.61. The van der Waals surface area contributed by atoms with Crippen molar-refractivity contribution < 1.29 is 0 Å². The smallest absolute Gasteiger partial charge is 0.0586 e. The lowest BCUT2D eigenvalue weighted by atomic mass is 9.74. The minimum Gasteiger partial charge on any atom is -0.301 e. The zero-order valence-electron chi connectivity index (χ0n) is 17.0. The predicted molar refractivity (Wildman–Crippen MR) is 122 cm³/mol. The lowest BCUT2D eigenvalue weighted by molar-refractivity contribution is 0.458. The van der Waals surface area contributed by atoms with E-state index in [2.05, 4.69) is 82.3 Å². The zero-order chi connectivity index (χ0) is 19.6. The molecule has 0 amide bonds. The van der Waals surface area contributed by atoms with Gasteiger partial charge in [0.15, 0.2) is 0 Å². The van der Waals surface area contributed by atoms with Crippen LogP contribution in [-0.2, 0) is 0 Å². The maximum atomic E-state index is 9.03. The van der Waals surface area contributed by atoms with Gasteiger partial charge in [0.2, 0.25) is 0 Å². The first-order chi connectivity index (χ1) is 13.5. The maximum Gasteiger partial charge on any atom is 0.0586 e. The SMILES string of the molecule is CC=CC12/C(=C(/C)C(C)/C=C\C(=N)C3=c4sc5ccccc5c4=CCC31)C2C. The van der Waals surface area contributed by atoms with E-state index in [0.717, 1.165) is 6.42 Å². The first-order valence-electron chi connectivity index (χ1n) is 10.3. The van der Waals surface area contributed by atoms with Gasteiger partial charge in [-0.05, 0) is 60.4 Å². The fraction of sp³-hybridized carbons (Fsp3) is 0.346. The molecule has 1 heterocycles. The summed E-state index contributed by atoms with van der Waals surface area (Å²) in [6, 6.07) is 8.70. The molecule has 1 nitrogen and oxygen atoms in total. The average molecular weight is 386 g/mol. The summed E-state index contributed by atoms with van der Waals surface area (Å²) in [5.41, 5.74) is 5.15. The molecule has 0 bridgehead atoms. The van der Waals surface area contributed by atoms with Crippen LogP contribution in [0.1, 0.15) is 34.1 Å². The van der Waals surface area contributed by atoms with Gasteiger partial charge in [0.25, 0.3) is 0 Å². The highest BCUT2D eigenvalue weighted by Crippen LogP contribution is 2.68. The number of nitrogens with one attached hydrogen (secondary N) is 1. The summed E-state index contributed by atoms with van der Waals surface area (Å²) < 4.78 is 2.65. The van der Waals surface area contributed by atoms with Crippen LogP contribution in [0.2, 0.25) is 0 Å². The number of allylic oxidation sites excluding steroid dienone is 6. The highest BCUT2D eigenvalue weighted by atomic mass is 32.1. The summed E-state index contributed by atoms with van der Waals surface area (Å²) in [4.78, 5) is 0. The molecular weight excluding hydrogens is 358 g/mol. The van der Waals surface area contributed by atoms with Crippen molar-refractivity contribution >= 4 is 38.8 Å². The van der Waals surface area contributed by atoms with Gasteiger partial charge in [0.05, 0.1) is 5.71 Å². The van der Waals surface area contributed by atoms with E-state index in [0.29, 0.717) is 23.5 Å². The van der Waals surface area contributed by atoms with Crippen molar-refractivity contribution in [3.63, 3.8) is 0 Å². The Labute approximate surface area is 171 Å². The lowest BCUT2D eigenvalue weighted by Crippen LogP contribution is -2.35. The number of thiophene rings is 1. The Morgan fingerprint density at radius 1 is 1.21 bits per heavy atom. The van der Waals surface area contributed by atoms with Gasteiger partial charge < -0.3 is 5.41 Å². The van der Waals surface area contributed by atoms with Gasteiger partial charge in [0, 0.05) is 20.6 Å². The molecule has 4 unspecified atom stereocenters. The second-order valence-corrected chi connectivity index (χ2v) is 9.61. The highest BCUT2D eigenvalue weighted by molar-refractivity contribution is 7.17. The number of hydrogen-bond donors (Lipinski definition) is 1. The fourth-order valence-electron chi connectivity index (χ4n) is 5.77.